The van der Waals surface area contributed by atoms with E-state index in [1.807, 2.05) is 15.8 Å². The molecule has 0 saturated carbocycles. The van der Waals surface area contributed by atoms with E-state index in [-0.39, 0.29) is 18.0 Å². The first kappa shape index (κ1) is 16.6. The molecule has 2 fully saturated rings. The quantitative estimate of drug-likeness (QED) is 0.829. The Balaban J connectivity index is 1.46. The minimum Gasteiger partial charge on any atom is -0.361 e. The fourth-order valence-corrected chi connectivity index (χ4v) is 3.64. The molecule has 2 saturated heterocycles. The molecule has 0 aromatic carbocycles. The fraction of sp³-hybridized carbons (Fsp3) is 0.529. The molecule has 4 rings (SSSR count). The van der Waals surface area contributed by atoms with Gasteiger partial charge in [0.2, 0.25) is 0 Å². The summed E-state index contributed by atoms with van der Waals surface area (Å²) in [4.78, 5) is 30.1. The number of hydrogen-bond acceptors (Lipinski definition) is 5. The van der Waals surface area contributed by atoms with Crippen LogP contribution in [0.1, 0.15) is 34.3 Å². The topological polar surface area (TPSA) is 87.7 Å². The van der Waals surface area contributed by atoms with Gasteiger partial charge in [-0.1, -0.05) is 5.16 Å². The summed E-state index contributed by atoms with van der Waals surface area (Å²) in [6.45, 7) is 6.16. The molecular formula is C17H22N6O3. The lowest BCUT2D eigenvalue weighted by molar-refractivity contribution is 0.0784. The summed E-state index contributed by atoms with van der Waals surface area (Å²) in [7, 11) is 1.79. The molecule has 9 heteroatoms. The molecule has 2 aliphatic rings. The van der Waals surface area contributed by atoms with E-state index < -0.39 is 0 Å². The van der Waals surface area contributed by atoms with Gasteiger partial charge in [0, 0.05) is 39.4 Å². The van der Waals surface area contributed by atoms with Gasteiger partial charge < -0.3 is 14.3 Å². The SMILES string of the molecule is Cc1noc(C)c1C(=O)N1CCC(n2cc(N3CCN(C)C3=O)cn2)C1. The van der Waals surface area contributed by atoms with E-state index in [0.717, 1.165) is 12.1 Å². The van der Waals surface area contributed by atoms with Crippen LogP contribution in [0.15, 0.2) is 16.9 Å². The van der Waals surface area contributed by atoms with Crippen molar-refractivity contribution < 1.29 is 14.1 Å². The maximum absolute atomic E-state index is 12.8. The van der Waals surface area contributed by atoms with Crippen molar-refractivity contribution >= 4 is 17.6 Å². The highest BCUT2D eigenvalue weighted by atomic mass is 16.5. The number of aromatic nitrogens is 3. The first-order valence-corrected chi connectivity index (χ1v) is 8.74. The molecule has 2 aliphatic heterocycles. The van der Waals surface area contributed by atoms with Crippen LogP contribution in [0.2, 0.25) is 0 Å². The highest BCUT2D eigenvalue weighted by Crippen LogP contribution is 2.27. The Morgan fingerprint density at radius 2 is 2.08 bits per heavy atom. The number of urea groups is 1. The molecule has 26 heavy (non-hydrogen) atoms. The maximum Gasteiger partial charge on any atom is 0.324 e. The van der Waals surface area contributed by atoms with Crippen LogP contribution >= 0.6 is 0 Å². The summed E-state index contributed by atoms with van der Waals surface area (Å²) >= 11 is 0. The van der Waals surface area contributed by atoms with E-state index in [0.29, 0.717) is 43.2 Å². The van der Waals surface area contributed by atoms with Crippen LogP contribution in [-0.2, 0) is 0 Å². The first-order chi connectivity index (χ1) is 12.5. The third kappa shape index (κ3) is 2.63. The standard InChI is InChI=1S/C17H22N6O3/c1-11-15(12(2)26-19-11)16(24)21-5-4-13(9-21)23-10-14(8-18-23)22-7-6-20(3)17(22)25/h8,10,13H,4-7,9H2,1-3H3. The highest BCUT2D eigenvalue weighted by Gasteiger charge is 2.32. The molecule has 0 aliphatic carbocycles. The van der Waals surface area contributed by atoms with E-state index in [9.17, 15) is 9.59 Å². The largest absolute Gasteiger partial charge is 0.361 e. The Kier molecular flexibility index (Phi) is 3.93. The number of hydrogen-bond donors (Lipinski definition) is 0. The molecule has 0 bridgehead atoms. The van der Waals surface area contributed by atoms with Gasteiger partial charge in [0.1, 0.15) is 11.3 Å². The van der Waals surface area contributed by atoms with Crippen molar-refractivity contribution in [1.82, 2.24) is 24.7 Å². The number of nitrogens with zero attached hydrogens (tertiary/aromatic N) is 6. The van der Waals surface area contributed by atoms with E-state index >= 15 is 0 Å². The summed E-state index contributed by atoms with van der Waals surface area (Å²) in [5, 5.41) is 8.29. The van der Waals surface area contributed by atoms with Crippen LogP contribution in [0.3, 0.4) is 0 Å². The Labute approximate surface area is 151 Å². The molecule has 3 amide bonds. The number of anilines is 1. The third-order valence-electron chi connectivity index (χ3n) is 5.19. The van der Waals surface area contributed by atoms with Crippen LogP contribution in [0.25, 0.3) is 0 Å². The molecule has 4 heterocycles. The molecule has 0 radical (unpaired) electrons. The number of aryl methyl sites for hydroxylation is 2. The Bertz CT molecular complexity index is 837. The average Bonchev–Trinajstić information content (AvgIpc) is 3.37. The van der Waals surface area contributed by atoms with Gasteiger partial charge in [-0.3, -0.25) is 14.4 Å². The second-order valence-electron chi connectivity index (χ2n) is 6.93. The fourth-order valence-electron chi connectivity index (χ4n) is 3.64. The van der Waals surface area contributed by atoms with Crippen LogP contribution in [0.4, 0.5) is 10.5 Å². The van der Waals surface area contributed by atoms with Crippen molar-refractivity contribution in [2.24, 2.45) is 0 Å². The second kappa shape index (κ2) is 6.15. The number of likely N-dealkylation sites (N-methyl/N-ethyl adjacent to an activating group) is 1. The van der Waals surface area contributed by atoms with Crippen molar-refractivity contribution in [3.8, 4) is 0 Å². The van der Waals surface area contributed by atoms with E-state index in [1.165, 1.54) is 0 Å². The smallest absolute Gasteiger partial charge is 0.324 e. The summed E-state index contributed by atoms with van der Waals surface area (Å²) < 4.78 is 6.97. The van der Waals surface area contributed by atoms with Crippen molar-refractivity contribution in [3.63, 3.8) is 0 Å². The van der Waals surface area contributed by atoms with Gasteiger partial charge >= 0.3 is 6.03 Å². The molecule has 2 aromatic heterocycles. The van der Waals surface area contributed by atoms with Crippen LogP contribution in [0.5, 0.6) is 0 Å². The molecule has 138 valence electrons. The number of carbonyl (C=O) groups excluding carboxylic acids is 2. The van der Waals surface area contributed by atoms with Gasteiger partial charge in [-0.2, -0.15) is 5.10 Å². The van der Waals surface area contributed by atoms with E-state index in [4.69, 9.17) is 4.52 Å². The van der Waals surface area contributed by atoms with Crippen molar-refractivity contribution in [3.05, 3.63) is 29.4 Å². The Morgan fingerprint density at radius 3 is 2.73 bits per heavy atom. The number of amides is 3. The second-order valence-corrected chi connectivity index (χ2v) is 6.93. The van der Waals surface area contributed by atoms with Crippen molar-refractivity contribution in [1.29, 1.82) is 0 Å². The summed E-state index contributed by atoms with van der Waals surface area (Å²) in [5.41, 5.74) is 1.97. The zero-order valence-electron chi connectivity index (χ0n) is 15.2. The molecule has 1 unspecified atom stereocenters. The molecule has 0 N–H and O–H groups in total. The van der Waals surface area contributed by atoms with Crippen LogP contribution in [0, 0.1) is 13.8 Å². The third-order valence-corrected chi connectivity index (χ3v) is 5.19. The minimum absolute atomic E-state index is 0.00816. The number of likely N-dealkylation sites (tertiary alicyclic amines) is 1. The maximum atomic E-state index is 12.8. The van der Waals surface area contributed by atoms with Gasteiger partial charge in [0.05, 0.1) is 23.6 Å². The van der Waals surface area contributed by atoms with Gasteiger partial charge in [0.25, 0.3) is 5.91 Å². The number of carbonyl (C=O) groups is 2. The predicted molar refractivity (Wildman–Crippen MR) is 93.1 cm³/mol. The lowest BCUT2D eigenvalue weighted by Crippen LogP contribution is -2.30. The van der Waals surface area contributed by atoms with Crippen molar-refractivity contribution in [2.45, 2.75) is 26.3 Å². The summed E-state index contributed by atoms with van der Waals surface area (Å²) in [6, 6.07) is 0.0924. The minimum atomic E-state index is -0.0486. The predicted octanol–water partition coefficient (Wildman–Crippen LogP) is 1.45. The molecule has 9 nitrogen and oxygen atoms in total. The molecule has 1 atom stereocenters. The van der Waals surface area contributed by atoms with Gasteiger partial charge in [0.15, 0.2) is 0 Å². The van der Waals surface area contributed by atoms with E-state index in [2.05, 4.69) is 10.3 Å². The first-order valence-electron chi connectivity index (χ1n) is 8.74. The summed E-state index contributed by atoms with van der Waals surface area (Å²) in [5.74, 6) is 0.501. The zero-order chi connectivity index (χ0) is 18.4. The lowest BCUT2D eigenvalue weighted by Gasteiger charge is -2.16. The Morgan fingerprint density at radius 1 is 1.27 bits per heavy atom. The summed E-state index contributed by atoms with van der Waals surface area (Å²) in [6.07, 6.45) is 4.44. The van der Waals surface area contributed by atoms with Crippen LogP contribution < -0.4 is 4.90 Å². The lowest BCUT2D eigenvalue weighted by atomic mass is 10.2. The highest BCUT2D eigenvalue weighted by molar-refractivity contribution is 5.96. The normalized spacial score (nSPS) is 20.5. The van der Waals surface area contributed by atoms with Gasteiger partial charge in [-0.05, 0) is 20.3 Å². The number of rotatable bonds is 3. The Hall–Kier alpha value is -2.84. The molecule has 0 spiro atoms. The van der Waals surface area contributed by atoms with Gasteiger partial charge in [-0.15, -0.1) is 0 Å². The van der Waals surface area contributed by atoms with Gasteiger partial charge in [-0.25, -0.2) is 4.79 Å². The van der Waals surface area contributed by atoms with E-state index in [1.54, 1.807) is 36.9 Å². The molecular weight excluding hydrogens is 336 g/mol. The molecule has 2 aromatic rings. The monoisotopic (exact) mass is 358 g/mol. The average molecular weight is 358 g/mol. The van der Waals surface area contributed by atoms with Crippen LogP contribution in [-0.4, -0.2) is 69.9 Å². The zero-order valence-corrected chi connectivity index (χ0v) is 15.2. The van der Waals surface area contributed by atoms with Crippen molar-refractivity contribution in [2.75, 3.05) is 38.1 Å².